The van der Waals surface area contributed by atoms with E-state index in [9.17, 15) is 0 Å². The molecule has 0 amide bonds. The van der Waals surface area contributed by atoms with Crippen LogP contribution in [0.1, 0.15) is 29.4 Å². The Morgan fingerprint density at radius 1 is 0.913 bits per heavy atom. The summed E-state index contributed by atoms with van der Waals surface area (Å²) in [5.41, 5.74) is 2.42. The number of benzene rings is 2. The minimum absolute atomic E-state index is 0.0573. The van der Waals surface area contributed by atoms with Crippen molar-refractivity contribution in [2.45, 2.75) is 23.5 Å². The van der Waals surface area contributed by atoms with Gasteiger partial charge in [-0.25, -0.2) is 0 Å². The molecule has 0 N–H and O–H groups in total. The van der Waals surface area contributed by atoms with E-state index in [4.69, 9.17) is 4.74 Å². The monoisotopic (exact) mass is 324 g/mol. The molecule has 2 aromatic carbocycles. The lowest BCUT2D eigenvalue weighted by molar-refractivity contribution is 0.0887. The SMILES string of the molecule is C=CC(OCC(C)SC(C=C)c1ccccc1)c1ccccc1. The smallest absolute Gasteiger partial charge is 0.100 e. The molecule has 3 atom stereocenters. The van der Waals surface area contributed by atoms with Crippen LogP contribution in [0.25, 0.3) is 0 Å². The lowest BCUT2D eigenvalue weighted by atomic mass is 10.1. The third kappa shape index (κ3) is 5.42. The topological polar surface area (TPSA) is 9.23 Å². The van der Waals surface area contributed by atoms with Gasteiger partial charge in [0.1, 0.15) is 6.10 Å². The Balaban J connectivity index is 1.90. The molecule has 0 aromatic heterocycles. The molecule has 0 radical (unpaired) electrons. The predicted octanol–water partition coefficient (Wildman–Crippen LogP) is 5.98. The van der Waals surface area contributed by atoms with Crippen molar-refractivity contribution in [3.63, 3.8) is 0 Å². The Morgan fingerprint density at radius 3 is 2.00 bits per heavy atom. The summed E-state index contributed by atoms with van der Waals surface area (Å²) in [6.07, 6.45) is 3.80. The first-order chi connectivity index (χ1) is 11.2. The van der Waals surface area contributed by atoms with Crippen molar-refractivity contribution in [2.75, 3.05) is 6.61 Å². The van der Waals surface area contributed by atoms with Crippen molar-refractivity contribution < 1.29 is 4.74 Å². The highest BCUT2D eigenvalue weighted by molar-refractivity contribution is 8.00. The van der Waals surface area contributed by atoms with E-state index in [1.54, 1.807) is 0 Å². The van der Waals surface area contributed by atoms with Crippen LogP contribution < -0.4 is 0 Å². The van der Waals surface area contributed by atoms with Gasteiger partial charge in [0.15, 0.2) is 0 Å². The second-order valence-electron chi connectivity index (χ2n) is 5.41. The Morgan fingerprint density at radius 2 is 1.48 bits per heavy atom. The van der Waals surface area contributed by atoms with E-state index >= 15 is 0 Å². The summed E-state index contributed by atoms with van der Waals surface area (Å²) in [6.45, 7) is 10.7. The van der Waals surface area contributed by atoms with Crippen LogP contribution in [0.3, 0.4) is 0 Å². The average molecular weight is 324 g/mol. The van der Waals surface area contributed by atoms with Gasteiger partial charge >= 0.3 is 0 Å². The Bertz CT molecular complexity index is 594. The second kappa shape index (κ2) is 9.39. The van der Waals surface area contributed by atoms with Gasteiger partial charge < -0.3 is 4.74 Å². The van der Waals surface area contributed by atoms with Crippen LogP contribution in [-0.2, 0) is 4.74 Å². The van der Waals surface area contributed by atoms with Crippen LogP contribution in [0, 0.1) is 0 Å². The minimum Gasteiger partial charge on any atom is -0.368 e. The number of thioether (sulfide) groups is 1. The molecule has 0 spiro atoms. The molecule has 23 heavy (non-hydrogen) atoms. The molecule has 0 aliphatic heterocycles. The van der Waals surface area contributed by atoms with Gasteiger partial charge in [-0.1, -0.05) is 79.7 Å². The molecule has 2 heteroatoms. The first kappa shape index (κ1) is 17.6. The molecule has 2 aromatic rings. The first-order valence-electron chi connectivity index (χ1n) is 7.86. The lowest BCUT2D eigenvalue weighted by Gasteiger charge is -2.21. The third-order valence-electron chi connectivity index (χ3n) is 3.57. The Labute approximate surface area is 144 Å². The van der Waals surface area contributed by atoms with Crippen LogP contribution in [0.4, 0.5) is 0 Å². The fraction of sp³-hybridized carbons (Fsp3) is 0.238. The molecular weight excluding hydrogens is 300 g/mol. The maximum Gasteiger partial charge on any atom is 0.100 e. The highest BCUT2D eigenvalue weighted by Gasteiger charge is 2.15. The number of hydrogen-bond donors (Lipinski definition) is 0. The largest absolute Gasteiger partial charge is 0.368 e. The zero-order chi connectivity index (χ0) is 16.5. The standard InChI is InChI=1S/C21H24OS/c1-4-20(18-12-8-6-9-13-18)22-16-17(3)23-21(5-2)19-14-10-7-11-15-19/h4-15,17,20-21H,1-2,16H2,3H3. The molecule has 0 heterocycles. The van der Waals surface area contributed by atoms with Gasteiger partial charge in [0.25, 0.3) is 0 Å². The molecule has 120 valence electrons. The van der Waals surface area contributed by atoms with Crippen LogP contribution in [0.5, 0.6) is 0 Å². The fourth-order valence-electron chi connectivity index (χ4n) is 2.38. The van der Waals surface area contributed by atoms with Gasteiger partial charge in [0.05, 0.1) is 6.61 Å². The number of hydrogen-bond acceptors (Lipinski definition) is 2. The van der Waals surface area contributed by atoms with E-state index in [0.717, 1.165) is 5.56 Å². The summed E-state index contributed by atoms with van der Waals surface area (Å²) in [7, 11) is 0. The molecule has 2 rings (SSSR count). The lowest BCUT2D eigenvalue weighted by Crippen LogP contribution is -2.12. The predicted molar refractivity (Wildman–Crippen MR) is 102 cm³/mol. The van der Waals surface area contributed by atoms with Crippen molar-refractivity contribution in [1.82, 2.24) is 0 Å². The molecule has 0 fully saturated rings. The summed E-state index contributed by atoms with van der Waals surface area (Å²) in [5, 5.41) is 0.651. The zero-order valence-electron chi connectivity index (χ0n) is 13.6. The maximum atomic E-state index is 6.05. The van der Waals surface area contributed by atoms with Gasteiger partial charge in [0.2, 0.25) is 0 Å². The molecule has 1 nitrogen and oxygen atoms in total. The van der Waals surface area contributed by atoms with Crippen LogP contribution in [0.2, 0.25) is 0 Å². The Hall–Kier alpha value is -1.77. The Kier molecular flexibility index (Phi) is 7.18. The third-order valence-corrected chi connectivity index (χ3v) is 4.93. The van der Waals surface area contributed by atoms with Gasteiger partial charge in [-0.05, 0) is 11.1 Å². The highest BCUT2D eigenvalue weighted by atomic mass is 32.2. The molecule has 0 bridgehead atoms. The van der Waals surface area contributed by atoms with E-state index in [0.29, 0.717) is 11.9 Å². The summed E-state index contributed by atoms with van der Waals surface area (Å²) >= 11 is 1.87. The second-order valence-corrected chi connectivity index (χ2v) is 7.00. The van der Waals surface area contributed by atoms with Crippen molar-refractivity contribution in [1.29, 1.82) is 0 Å². The van der Waals surface area contributed by atoms with Crippen LogP contribution in [0.15, 0.2) is 86.0 Å². The van der Waals surface area contributed by atoms with Crippen LogP contribution >= 0.6 is 11.8 Å². The number of rotatable bonds is 9. The summed E-state index contributed by atoms with van der Waals surface area (Å²) in [6, 6.07) is 20.7. The van der Waals surface area contributed by atoms with Gasteiger partial charge in [-0.2, -0.15) is 0 Å². The van der Waals surface area contributed by atoms with E-state index in [1.807, 2.05) is 48.2 Å². The maximum absolute atomic E-state index is 6.05. The number of ether oxygens (including phenoxy) is 1. The minimum atomic E-state index is -0.0573. The van der Waals surface area contributed by atoms with Crippen molar-refractivity contribution in [2.24, 2.45) is 0 Å². The zero-order valence-corrected chi connectivity index (χ0v) is 14.4. The van der Waals surface area contributed by atoms with Gasteiger partial charge in [-0.15, -0.1) is 24.9 Å². The van der Waals surface area contributed by atoms with Crippen LogP contribution in [-0.4, -0.2) is 11.9 Å². The normalized spacial score (nSPS) is 14.7. The van der Waals surface area contributed by atoms with E-state index in [2.05, 4.69) is 56.5 Å². The van der Waals surface area contributed by atoms with Gasteiger partial charge in [0, 0.05) is 10.5 Å². The van der Waals surface area contributed by atoms with E-state index in [1.165, 1.54) is 5.56 Å². The van der Waals surface area contributed by atoms with E-state index < -0.39 is 0 Å². The summed E-state index contributed by atoms with van der Waals surface area (Å²) < 4.78 is 6.05. The van der Waals surface area contributed by atoms with Gasteiger partial charge in [-0.3, -0.25) is 0 Å². The molecular formula is C21H24OS. The van der Waals surface area contributed by atoms with Crippen molar-refractivity contribution in [3.05, 3.63) is 97.1 Å². The molecule has 0 saturated heterocycles. The fourth-order valence-corrected chi connectivity index (χ4v) is 3.47. The summed E-state index contributed by atoms with van der Waals surface area (Å²) in [4.78, 5) is 0. The molecule has 0 aliphatic carbocycles. The molecule has 3 unspecified atom stereocenters. The van der Waals surface area contributed by atoms with Crippen molar-refractivity contribution >= 4 is 11.8 Å². The first-order valence-corrected chi connectivity index (χ1v) is 8.81. The van der Waals surface area contributed by atoms with E-state index in [-0.39, 0.29) is 11.4 Å². The van der Waals surface area contributed by atoms with Crippen molar-refractivity contribution in [3.8, 4) is 0 Å². The summed E-state index contributed by atoms with van der Waals surface area (Å²) in [5.74, 6) is 0. The highest BCUT2D eigenvalue weighted by Crippen LogP contribution is 2.33. The molecule has 0 aliphatic rings. The quantitative estimate of drug-likeness (QED) is 0.525. The molecule has 0 saturated carbocycles. The average Bonchev–Trinajstić information content (AvgIpc) is 2.62.